The van der Waals surface area contributed by atoms with Crippen molar-refractivity contribution in [2.24, 2.45) is 11.1 Å². The van der Waals surface area contributed by atoms with Crippen LogP contribution in [0.25, 0.3) is 0 Å². The molecular formula is C14H26N4O2S. The third-order valence-corrected chi connectivity index (χ3v) is 4.29. The first kappa shape index (κ1) is 17.8. The number of nitrogens with two attached hydrogens (primary N) is 1. The van der Waals surface area contributed by atoms with Crippen molar-refractivity contribution in [1.29, 1.82) is 0 Å². The van der Waals surface area contributed by atoms with Gasteiger partial charge in [-0.15, -0.1) is 0 Å². The summed E-state index contributed by atoms with van der Waals surface area (Å²) in [6, 6.07) is 0. The molecule has 0 aromatic heterocycles. The minimum atomic E-state index is -0.338. The highest BCUT2D eigenvalue weighted by Gasteiger charge is 2.39. The molecule has 1 rings (SSSR count). The van der Waals surface area contributed by atoms with Gasteiger partial charge in [0.15, 0.2) is 0 Å². The van der Waals surface area contributed by atoms with Crippen molar-refractivity contribution in [3.8, 4) is 0 Å². The highest BCUT2D eigenvalue weighted by Crippen LogP contribution is 2.29. The zero-order valence-electron chi connectivity index (χ0n) is 13.1. The molecular weight excluding hydrogens is 288 g/mol. The van der Waals surface area contributed by atoms with Crippen molar-refractivity contribution in [1.82, 2.24) is 15.1 Å². The minimum absolute atomic E-state index is 0.0740. The van der Waals surface area contributed by atoms with Crippen molar-refractivity contribution >= 4 is 29.0 Å². The largest absolute Gasteiger partial charge is 0.393 e. The van der Waals surface area contributed by atoms with E-state index in [-0.39, 0.29) is 17.2 Å². The number of nitrogens with one attached hydrogen (secondary N) is 1. The molecule has 7 heteroatoms. The van der Waals surface area contributed by atoms with Gasteiger partial charge in [-0.1, -0.05) is 12.2 Å². The van der Waals surface area contributed by atoms with E-state index < -0.39 is 0 Å². The third-order valence-electron chi connectivity index (χ3n) is 4.09. The fourth-order valence-corrected chi connectivity index (χ4v) is 2.67. The number of likely N-dealkylation sites (tertiary alicyclic amines) is 1. The first-order valence-corrected chi connectivity index (χ1v) is 7.66. The molecule has 1 aliphatic heterocycles. The predicted octanol–water partition coefficient (Wildman–Crippen LogP) is -0.0309. The smallest absolute Gasteiger partial charge is 0.227 e. The van der Waals surface area contributed by atoms with Crippen molar-refractivity contribution in [3.05, 3.63) is 0 Å². The molecule has 0 bridgehead atoms. The number of thiocarbonyl (C=S) groups is 1. The van der Waals surface area contributed by atoms with Gasteiger partial charge in [0, 0.05) is 46.6 Å². The van der Waals surface area contributed by atoms with E-state index in [1.165, 1.54) is 0 Å². The number of hydrogen-bond donors (Lipinski definition) is 2. The van der Waals surface area contributed by atoms with Gasteiger partial charge in [0.25, 0.3) is 0 Å². The lowest BCUT2D eigenvalue weighted by Crippen LogP contribution is -2.39. The number of amides is 2. The highest BCUT2D eigenvalue weighted by molar-refractivity contribution is 7.80. The second kappa shape index (κ2) is 7.70. The Morgan fingerprint density at radius 1 is 1.43 bits per heavy atom. The lowest BCUT2D eigenvalue weighted by molar-refractivity contribution is -0.130. The summed E-state index contributed by atoms with van der Waals surface area (Å²) in [5.41, 5.74) is 5.10. The van der Waals surface area contributed by atoms with Gasteiger partial charge in [-0.3, -0.25) is 9.59 Å². The Morgan fingerprint density at radius 2 is 2.10 bits per heavy atom. The quantitative estimate of drug-likeness (QED) is 0.645. The van der Waals surface area contributed by atoms with Gasteiger partial charge in [-0.05, 0) is 19.9 Å². The maximum Gasteiger partial charge on any atom is 0.227 e. The molecule has 3 N–H and O–H groups in total. The van der Waals surface area contributed by atoms with Crippen LogP contribution >= 0.6 is 12.2 Å². The molecule has 0 aliphatic carbocycles. The van der Waals surface area contributed by atoms with E-state index in [0.717, 1.165) is 13.0 Å². The van der Waals surface area contributed by atoms with Gasteiger partial charge in [0.1, 0.15) is 0 Å². The second-order valence-electron chi connectivity index (χ2n) is 5.95. The Balaban J connectivity index is 2.35. The molecule has 1 heterocycles. The summed E-state index contributed by atoms with van der Waals surface area (Å²) < 4.78 is 0. The van der Waals surface area contributed by atoms with Crippen molar-refractivity contribution in [3.63, 3.8) is 0 Å². The monoisotopic (exact) mass is 314 g/mol. The van der Waals surface area contributed by atoms with Gasteiger partial charge in [-0.25, -0.2) is 0 Å². The zero-order chi connectivity index (χ0) is 16.0. The van der Waals surface area contributed by atoms with Gasteiger partial charge in [-0.2, -0.15) is 0 Å². The molecule has 1 fully saturated rings. The Hall–Kier alpha value is -1.21. The van der Waals surface area contributed by atoms with Crippen LogP contribution in [-0.2, 0) is 9.59 Å². The van der Waals surface area contributed by atoms with E-state index in [1.54, 1.807) is 19.0 Å². The van der Waals surface area contributed by atoms with Gasteiger partial charge >= 0.3 is 0 Å². The molecule has 1 aliphatic rings. The Labute approximate surface area is 132 Å². The molecule has 1 saturated heterocycles. The van der Waals surface area contributed by atoms with Crippen LogP contribution in [0.1, 0.15) is 26.2 Å². The van der Waals surface area contributed by atoms with Crippen LogP contribution in [0.15, 0.2) is 0 Å². The number of carbonyl (C=O) groups is 2. The molecule has 6 nitrogen and oxygen atoms in total. The van der Waals surface area contributed by atoms with E-state index in [1.807, 2.05) is 6.92 Å². The first-order valence-electron chi connectivity index (χ1n) is 7.25. The molecule has 0 aromatic carbocycles. The fraction of sp³-hybridized carbons (Fsp3) is 0.786. The number of hydrogen-bond acceptors (Lipinski definition) is 4. The van der Waals surface area contributed by atoms with Crippen LogP contribution < -0.4 is 11.1 Å². The zero-order valence-corrected chi connectivity index (χ0v) is 14.0. The number of carbonyl (C=O) groups excluding carboxylic acids is 2. The van der Waals surface area contributed by atoms with Crippen LogP contribution in [0.4, 0.5) is 0 Å². The molecule has 1 unspecified atom stereocenters. The molecule has 0 spiro atoms. The van der Waals surface area contributed by atoms with Crippen LogP contribution in [0.2, 0.25) is 0 Å². The predicted molar refractivity (Wildman–Crippen MR) is 86.9 cm³/mol. The van der Waals surface area contributed by atoms with E-state index in [9.17, 15) is 9.59 Å². The maximum atomic E-state index is 12.0. The van der Waals surface area contributed by atoms with Crippen LogP contribution in [0, 0.1) is 5.41 Å². The molecule has 0 radical (unpaired) electrons. The van der Waals surface area contributed by atoms with Crippen LogP contribution in [0.5, 0.6) is 0 Å². The topological polar surface area (TPSA) is 78.7 Å². The fourth-order valence-electron chi connectivity index (χ4n) is 2.58. The van der Waals surface area contributed by atoms with Crippen molar-refractivity contribution in [2.45, 2.75) is 26.2 Å². The van der Waals surface area contributed by atoms with E-state index in [2.05, 4.69) is 10.2 Å². The van der Waals surface area contributed by atoms with Gasteiger partial charge < -0.3 is 20.9 Å². The number of nitrogens with zero attached hydrogens (tertiary/aromatic N) is 2. The molecule has 1 atom stereocenters. The molecule has 120 valence electrons. The Morgan fingerprint density at radius 3 is 2.67 bits per heavy atom. The van der Waals surface area contributed by atoms with Crippen LogP contribution in [0.3, 0.4) is 0 Å². The average Bonchev–Trinajstić information content (AvgIpc) is 2.84. The van der Waals surface area contributed by atoms with E-state index in [4.69, 9.17) is 18.0 Å². The standard InChI is InChI=1S/C14H26N4O2S/c1-14(13(20)16-2)6-9-18(10-14)8-5-12(19)17(3)7-4-11(15)21/h4-10H2,1-3H3,(H2,15,21)(H,16,20). The summed E-state index contributed by atoms with van der Waals surface area (Å²) >= 11 is 4.81. The summed E-state index contributed by atoms with van der Waals surface area (Å²) in [5.74, 6) is 0.157. The SMILES string of the molecule is CNC(=O)C1(C)CCN(CCC(=O)N(C)CCC(N)=S)C1. The molecule has 2 amide bonds. The first-order chi connectivity index (χ1) is 9.78. The van der Waals surface area contributed by atoms with Gasteiger partial charge in [0.2, 0.25) is 11.8 Å². The summed E-state index contributed by atoms with van der Waals surface area (Å²) in [5, 5.41) is 2.71. The second-order valence-corrected chi connectivity index (χ2v) is 6.47. The van der Waals surface area contributed by atoms with Gasteiger partial charge in [0.05, 0.1) is 10.4 Å². The normalized spacial score (nSPS) is 22.0. The Kier molecular flexibility index (Phi) is 6.54. The minimum Gasteiger partial charge on any atom is -0.393 e. The third kappa shape index (κ3) is 5.24. The number of rotatable bonds is 7. The molecule has 0 saturated carbocycles. The summed E-state index contributed by atoms with van der Waals surface area (Å²) in [7, 11) is 3.43. The van der Waals surface area contributed by atoms with E-state index in [0.29, 0.717) is 37.5 Å². The lowest BCUT2D eigenvalue weighted by Gasteiger charge is -2.23. The van der Waals surface area contributed by atoms with E-state index >= 15 is 0 Å². The maximum absolute atomic E-state index is 12.0. The molecule has 0 aromatic rings. The van der Waals surface area contributed by atoms with Crippen molar-refractivity contribution in [2.75, 3.05) is 40.3 Å². The summed E-state index contributed by atoms with van der Waals surface area (Å²) in [4.78, 5) is 28.1. The Bertz CT molecular complexity index is 416. The van der Waals surface area contributed by atoms with Crippen molar-refractivity contribution < 1.29 is 9.59 Å². The average molecular weight is 314 g/mol. The lowest BCUT2D eigenvalue weighted by atomic mass is 9.89. The highest BCUT2D eigenvalue weighted by atomic mass is 32.1. The summed E-state index contributed by atoms with van der Waals surface area (Å²) in [6.07, 6.45) is 1.84. The molecule has 21 heavy (non-hydrogen) atoms. The summed E-state index contributed by atoms with van der Waals surface area (Å²) in [6.45, 7) is 4.78. The van der Waals surface area contributed by atoms with Crippen LogP contribution in [-0.4, -0.2) is 66.9 Å².